The summed E-state index contributed by atoms with van der Waals surface area (Å²) in [6.07, 6.45) is 0. The molecular weight excluding hydrogens is 266 g/mol. The molecule has 0 fully saturated rings. The van der Waals surface area contributed by atoms with Crippen LogP contribution in [0.1, 0.15) is 6.92 Å². The molecule has 0 saturated carbocycles. The summed E-state index contributed by atoms with van der Waals surface area (Å²) in [5.41, 5.74) is 6.89. The number of nitrogens with two attached hydrogens (primary N) is 1. The predicted octanol–water partition coefficient (Wildman–Crippen LogP) is 0.648. The summed E-state index contributed by atoms with van der Waals surface area (Å²) in [5.74, 6) is 0. The van der Waals surface area contributed by atoms with Crippen molar-refractivity contribution in [2.75, 3.05) is 38.4 Å². The molecule has 6 nitrogen and oxygen atoms in total. The second-order valence-electron chi connectivity index (χ2n) is 4.34. The highest BCUT2D eigenvalue weighted by Crippen LogP contribution is 2.25. The van der Waals surface area contributed by atoms with Gasteiger partial charge < -0.3 is 15.4 Å². The summed E-state index contributed by atoms with van der Waals surface area (Å²) in [5, 5.41) is 0. The average Bonchev–Trinajstić information content (AvgIpc) is 2.37. The molecule has 19 heavy (non-hydrogen) atoms. The van der Waals surface area contributed by atoms with Crippen LogP contribution in [-0.2, 0) is 14.8 Å². The normalized spacial score (nSPS) is 13.3. The summed E-state index contributed by atoms with van der Waals surface area (Å²) in [7, 11) is 1.38. The van der Waals surface area contributed by atoms with E-state index in [-0.39, 0.29) is 16.6 Å². The number of benzene rings is 1. The summed E-state index contributed by atoms with van der Waals surface area (Å²) < 4.78 is 30.8. The van der Waals surface area contributed by atoms with Crippen molar-refractivity contribution in [3.05, 3.63) is 18.2 Å². The SMILES string of the molecule is CNS(=O)(=O)c1ccc(N(C)C(C)COC)cc1N. The molecule has 7 heteroatoms. The van der Waals surface area contributed by atoms with Crippen molar-refractivity contribution in [2.24, 2.45) is 0 Å². The van der Waals surface area contributed by atoms with Gasteiger partial charge in [-0.15, -0.1) is 0 Å². The molecule has 1 aromatic rings. The smallest absolute Gasteiger partial charge is 0.242 e. The molecule has 3 N–H and O–H groups in total. The van der Waals surface area contributed by atoms with Crippen LogP contribution in [0, 0.1) is 0 Å². The molecule has 0 aliphatic heterocycles. The van der Waals surface area contributed by atoms with Crippen LogP contribution >= 0.6 is 0 Å². The van der Waals surface area contributed by atoms with Gasteiger partial charge in [0.05, 0.1) is 12.3 Å². The first-order chi connectivity index (χ1) is 8.83. The minimum Gasteiger partial charge on any atom is -0.398 e. The Kier molecular flexibility index (Phi) is 5.16. The van der Waals surface area contributed by atoms with E-state index in [1.807, 2.05) is 18.9 Å². The lowest BCUT2D eigenvalue weighted by atomic mass is 10.2. The van der Waals surface area contributed by atoms with E-state index in [2.05, 4.69) is 4.72 Å². The number of ether oxygens (including phenoxy) is 1. The molecule has 0 saturated heterocycles. The van der Waals surface area contributed by atoms with E-state index in [0.29, 0.717) is 6.61 Å². The second-order valence-corrected chi connectivity index (χ2v) is 6.20. The molecule has 0 aliphatic rings. The number of nitrogens with one attached hydrogen (secondary N) is 1. The number of anilines is 2. The standard InChI is InChI=1S/C12H21N3O3S/c1-9(8-18-4)15(3)10-5-6-12(11(13)7-10)19(16,17)14-2/h5-7,9,14H,8,13H2,1-4H3. The molecule has 0 spiro atoms. The summed E-state index contributed by atoms with van der Waals surface area (Å²) in [6, 6.07) is 5.05. The van der Waals surface area contributed by atoms with Crippen molar-refractivity contribution >= 4 is 21.4 Å². The maximum absolute atomic E-state index is 11.7. The van der Waals surface area contributed by atoms with Gasteiger partial charge in [0.25, 0.3) is 0 Å². The van der Waals surface area contributed by atoms with Crippen LogP contribution in [0.3, 0.4) is 0 Å². The van der Waals surface area contributed by atoms with E-state index in [1.54, 1.807) is 19.2 Å². The minimum atomic E-state index is -3.52. The minimum absolute atomic E-state index is 0.0894. The van der Waals surface area contributed by atoms with Gasteiger partial charge in [-0.3, -0.25) is 0 Å². The maximum Gasteiger partial charge on any atom is 0.242 e. The molecule has 1 rings (SSSR count). The van der Waals surface area contributed by atoms with Crippen molar-refractivity contribution in [2.45, 2.75) is 17.9 Å². The van der Waals surface area contributed by atoms with Gasteiger partial charge in [-0.05, 0) is 32.2 Å². The number of likely N-dealkylation sites (N-methyl/N-ethyl adjacent to an activating group) is 1. The summed E-state index contributed by atoms with van der Waals surface area (Å²) in [4.78, 5) is 2.07. The first-order valence-electron chi connectivity index (χ1n) is 5.88. The van der Waals surface area contributed by atoms with Gasteiger partial charge in [-0.2, -0.15) is 0 Å². The molecule has 0 aliphatic carbocycles. The molecule has 0 heterocycles. The van der Waals surface area contributed by atoms with Crippen molar-refractivity contribution in [3.63, 3.8) is 0 Å². The fourth-order valence-electron chi connectivity index (χ4n) is 1.72. The molecular formula is C12H21N3O3S. The van der Waals surface area contributed by atoms with Crippen LogP contribution in [0.2, 0.25) is 0 Å². The Bertz CT molecular complexity index is 531. The summed E-state index contributed by atoms with van der Waals surface area (Å²) >= 11 is 0. The van der Waals surface area contributed by atoms with Crippen molar-refractivity contribution in [1.82, 2.24) is 4.72 Å². The first kappa shape index (κ1) is 15.7. The number of rotatable bonds is 6. The van der Waals surface area contributed by atoms with Gasteiger partial charge in [-0.25, -0.2) is 13.1 Å². The van der Waals surface area contributed by atoms with Crippen LogP contribution in [0.5, 0.6) is 0 Å². The molecule has 1 atom stereocenters. The zero-order valence-corrected chi connectivity index (χ0v) is 12.5. The molecule has 0 radical (unpaired) electrons. The molecule has 0 aromatic heterocycles. The van der Waals surface area contributed by atoms with Crippen molar-refractivity contribution < 1.29 is 13.2 Å². The topological polar surface area (TPSA) is 84.7 Å². The highest BCUT2D eigenvalue weighted by atomic mass is 32.2. The Balaban J connectivity index is 3.07. The van der Waals surface area contributed by atoms with E-state index >= 15 is 0 Å². The second kappa shape index (κ2) is 6.23. The molecule has 1 unspecified atom stereocenters. The van der Waals surface area contributed by atoms with Gasteiger partial charge in [0.2, 0.25) is 10.0 Å². The predicted molar refractivity (Wildman–Crippen MR) is 76.8 cm³/mol. The van der Waals surface area contributed by atoms with Gasteiger partial charge in [0.1, 0.15) is 4.90 Å². The number of sulfonamides is 1. The van der Waals surface area contributed by atoms with Gasteiger partial charge >= 0.3 is 0 Å². The lowest BCUT2D eigenvalue weighted by Gasteiger charge is -2.27. The molecule has 0 amide bonds. The van der Waals surface area contributed by atoms with Gasteiger partial charge in [-0.1, -0.05) is 0 Å². The Labute approximate surface area is 114 Å². The number of hydrogen-bond donors (Lipinski definition) is 2. The number of hydrogen-bond acceptors (Lipinski definition) is 5. The quantitative estimate of drug-likeness (QED) is 0.750. The van der Waals surface area contributed by atoms with E-state index < -0.39 is 10.0 Å². The van der Waals surface area contributed by atoms with Crippen LogP contribution in [-0.4, -0.2) is 42.3 Å². The number of nitrogens with zero attached hydrogens (tertiary/aromatic N) is 1. The largest absolute Gasteiger partial charge is 0.398 e. The Hall–Kier alpha value is -1.31. The van der Waals surface area contributed by atoms with Crippen LogP contribution in [0.4, 0.5) is 11.4 Å². The Morgan fingerprint density at radius 2 is 2.11 bits per heavy atom. The Morgan fingerprint density at radius 1 is 1.47 bits per heavy atom. The highest BCUT2D eigenvalue weighted by Gasteiger charge is 2.17. The lowest BCUT2D eigenvalue weighted by Crippen LogP contribution is -2.32. The van der Waals surface area contributed by atoms with Crippen LogP contribution in [0.25, 0.3) is 0 Å². The third kappa shape index (κ3) is 3.59. The zero-order valence-electron chi connectivity index (χ0n) is 11.7. The molecule has 1 aromatic carbocycles. The molecule has 108 valence electrons. The highest BCUT2D eigenvalue weighted by molar-refractivity contribution is 7.89. The third-order valence-electron chi connectivity index (χ3n) is 3.03. The van der Waals surface area contributed by atoms with Crippen molar-refractivity contribution in [3.8, 4) is 0 Å². The van der Waals surface area contributed by atoms with Crippen molar-refractivity contribution in [1.29, 1.82) is 0 Å². The number of methoxy groups -OCH3 is 1. The third-order valence-corrected chi connectivity index (χ3v) is 4.52. The fourth-order valence-corrected chi connectivity index (χ4v) is 2.55. The zero-order chi connectivity index (χ0) is 14.6. The van der Waals surface area contributed by atoms with Crippen LogP contribution < -0.4 is 15.4 Å². The van der Waals surface area contributed by atoms with E-state index in [9.17, 15) is 8.42 Å². The monoisotopic (exact) mass is 287 g/mol. The van der Waals surface area contributed by atoms with Gasteiger partial charge in [0, 0.05) is 25.9 Å². The van der Waals surface area contributed by atoms with Crippen LogP contribution in [0.15, 0.2) is 23.1 Å². The van der Waals surface area contributed by atoms with Gasteiger partial charge in [0.15, 0.2) is 0 Å². The average molecular weight is 287 g/mol. The van der Waals surface area contributed by atoms with E-state index in [4.69, 9.17) is 10.5 Å². The van der Waals surface area contributed by atoms with E-state index in [1.165, 1.54) is 13.1 Å². The van der Waals surface area contributed by atoms with E-state index in [0.717, 1.165) is 5.69 Å². The number of nitrogen functional groups attached to an aromatic ring is 1. The fraction of sp³-hybridized carbons (Fsp3) is 0.500. The lowest BCUT2D eigenvalue weighted by molar-refractivity contribution is 0.183. The first-order valence-corrected chi connectivity index (χ1v) is 7.36. The summed E-state index contributed by atoms with van der Waals surface area (Å²) in [6.45, 7) is 2.59. The molecule has 0 bridgehead atoms. The Morgan fingerprint density at radius 3 is 2.58 bits per heavy atom. The maximum atomic E-state index is 11.7.